The number of thioether (sulfide) groups is 1. The Morgan fingerprint density at radius 3 is 2.38 bits per heavy atom. The molecule has 0 saturated carbocycles. The minimum atomic E-state index is -0.589. The lowest BCUT2D eigenvalue weighted by Crippen LogP contribution is -2.51. The molecule has 0 atom stereocenters. The maximum atomic E-state index is 13.0. The Balaban J connectivity index is 1.24. The molecule has 0 aromatic heterocycles. The molecule has 2 saturated heterocycles. The molecule has 3 amide bonds. The largest absolute Gasteiger partial charge is 0.368 e. The van der Waals surface area contributed by atoms with E-state index in [-0.39, 0.29) is 23.0 Å². The van der Waals surface area contributed by atoms with E-state index in [9.17, 15) is 24.5 Å². The fourth-order valence-corrected chi connectivity index (χ4v) is 6.22. The number of nitro groups is 1. The Morgan fingerprint density at radius 1 is 1.00 bits per heavy atom. The van der Waals surface area contributed by atoms with Gasteiger partial charge in [-0.1, -0.05) is 47.6 Å². The number of nitrogens with zero attached hydrogens (tertiary/aromatic N) is 4. The van der Waals surface area contributed by atoms with Crippen molar-refractivity contribution in [3.05, 3.63) is 98.4 Å². The second kappa shape index (κ2) is 12.2. The Morgan fingerprint density at radius 2 is 1.70 bits per heavy atom. The van der Waals surface area contributed by atoms with Crippen molar-refractivity contribution in [3.63, 3.8) is 0 Å². The first kappa shape index (κ1) is 27.8. The van der Waals surface area contributed by atoms with Gasteiger partial charge in [0.15, 0.2) is 0 Å². The number of amides is 3. The molecule has 0 unspecified atom stereocenters. The number of hydrogen-bond acceptors (Lipinski definition) is 8. The highest BCUT2D eigenvalue weighted by Crippen LogP contribution is 2.38. The SMILES string of the molecule is O=C(CN1C(=O)S/C(=C\c2ccc(Sc3ccc(Cl)cc3)c([N+](=O)[O-])c2)C1=O)N1CCN(c2ccccc2)CC1. The van der Waals surface area contributed by atoms with Crippen LogP contribution in [0.2, 0.25) is 5.02 Å². The highest BCUT2D eigenvalue weighted by atomic mass is 35.5. The number of piperazine rings is 1. The Labute approximate surface area is 243 Å². The molecule has 9 nitrogen and oxygen atoms in total. The molecule has 5 rings (SSSR count). The van der Waals surface area contributed by atoms with E-state index in [1.165, 1.54) is 23.9 Å². The molecule has 2 fully saturated rings. The third-order valence-electron chi connectivity index (χ3n) is 6.44. The molecule has 0 aliphatic carbocycles. The maximum Gasteiger partial charge on any atom is 0.294 e. The molecule has 2 aliphatic heterocycles. The molecule has 204 valence electrons. The van der Waals surface area contributed by atoms with Gasteiger partial charge in [-0.3, -0.25) is 29.4 Å². The average molecular weight is 595 g/mol. The van der Waals surface area contributed by atoms with Crippen molar-refractivity contribution in [1.82, 2.24) is 9.80 Å². The molecule has 2 aliphatic rings. The summed E-state index contributed by atoms with van der Waals surface area (Å²) in [4.78, 5) is 55.9. The van der Waals surface area contributed by atoms with Crippen LogP contribution < -0.4 is 4.90 Å². The second-order valence-electron chi connectivity index (χ2n) is 9.01. The van der Waals surface area contributed by atoms with E-state index < -0.39 is 16.1 Å². The summed E-state index contributed by atoms with van der Waals surface area (Å²) in [6.45, 7) is 1.95. The molecule has 0 radical (unpaired) electrons. The zero-order chi connectivity index (χ0) is 28.2. The highest BCUT2D eigenvalue weighted by molar-refractivity contribution is 8.18. The Bertz CT molecular complexity index is 1490. The third-order valence-corrected chi connectivity index (χ3v) is 8.67. The van der Waals surface area contributed by atoms with Crippen LogP contribution in [0, 0.1) is 10.1 Å². The summed E-state index contributed by atoms with van der Waals surface area (Å²) < 4.78 is 0. The number of anilines is 1. The molecule has 12 heteroatoms. The summed E-state index contributed by atoms with van der Waals surface area (Å²) in [5, 5.41) is 11.8. The van der Waals surface area contributed by atoms with Crippen LogP contribution in [0.3, 0.4) is 0 Å². The van der Waals surface area contributed by atoms with E-state index in [0.717, 1.165) is 27.2 Å². The van der Waals surface area contributed by atoms with Crippen LogP contribution in [0.25, 0.3) is 6.08 Å². The summed E-state index contributed by atoms with van der Waals surface area (Å²) >= 11 is 7.86. The van der Waals surface area contributed by atoms with Crippen LogP contribution in [0.1, 0.15) is 5.56 Å². The maximum absolute atomic E-state index is 13.0. The van der Waals surface area contributed by atoms with Crippen molar-refractivity contribution in [2.45, 2.75) is 9.79 Å². The predicted octanol–water partition coefficient (Wildman–Crippen LogP) is 5.78. The van der Waals surface area contributed by atoms with Gasteiger partial charge in [0.1, 0.15) is 6.54 Å². The number of hydrogen-bond donors (Lipinski definition) is 0. The van der Waals surface area contributed by atoms with E-state index in [4.69, 9.17) is 11.6 Å². The fraction of sp³-hybridized carbons (Fsp3) is 0.179. The predicted molar refractivity (Wildman–Crippen MR) is 157 cm³/mol. The van der Waals surface area contributed by atoms with Crippen LogP contribution in [0.5, 0.6) is 0 Å². The van der Waals surface area contributed by atoms with Gasteiger partial charge in [-0.15, -0.1) is 0 Å². The quantitative estimate of drug-likeness (QED) is 0.192. The number of halogens is 1. The molecule has 0 bridgehead atoms. The lowest BCUT2D eigenvalue weighted by molar-refractivity contribution is -0.387. The molecule has 3 aromatic carbocycles. The van der Waals surface area contributed by atoms with Crippen molar-refractivity contribution in [3.8, 4) is 0 Å². The molecule has 0 N–H and O–H groups in total. The van der Waals surface area contributed by atoms with Crippen molar-refractivity contribution in [2.24, 2.45) is 0 Å². The van der Waals surface area contributed by atoms with E-state index in [1.54, 1.807) is 41.3 Å². The first-order valence-corrected chi connectivity index (χ1v) is 14.3. The minimum absolute atomic E-state index is 0.110. The molecular formula is C28H23ClN4O5S2. The first-order chi connectivity index (χ1) is 19.3. The van der Waals surface area contributed by atoms with Gasteiger partial charge >= 0.3 is 0 Å². The smallest absolute Gasteiger partial charge is 0.294 e. The summed E-state index contributed by atoms with van der Waals surface area (Å²) in [6, 6.07) is 21.5. The zero-order valence-electron chi connectivity index (χ0n) is 21.1. The first-order valence-electron chi connectivity index (χ1n) is 12.3. The van der Waals surface area contributed by atoms with Crippen molar-refractivity contribution in [1.29, 1.82) is 0 Å². The van der Waals surface area contributed by atoms with Gasteiger partial charge in [0.25, 0.3) is 16.8 Å². The number of para-hydroxylation sites is 1. The number of carbonyl (C=O) groups excluding carboxylic acids is 3. The highest BCUT2D eigenvalue weighted by Gasteiger charge is 2.37. The number of carbonyl (C=O) groups is 3. The van der Waals surface area contributed by atoms with Gasteiger partial charge in [0.2, 0.25) is 5.91 Å². The van der Waals surface area contributed by atoms with Crippen molar-refractivity contribution in [2.75, 3.05) is 37.6 Å². The van der Waals surface area contributed by atoms with E-state index in [2.05, 4.69) is 4.90 Å². The van der Waals surface area contributed by atoms with Crippen molar-refractivity contribution < 1.29 is 19.3 Å². The summed E-state index contributed by atoms with van der Waals surface area (Å²) in [7, 11) is 0. The van der Waals surface area contributed by atoms with E-state index in [1.807, 2.05) is 30.3 Å². The fourth-order valence-electron chi connectivity index (χ4n) is 4.36. The Hall–Kier alpha value is -3.80. The van der Waals surface area contributed by atoms with Crippen LogP contribution in [0.15, 0.2) is 87.5 Å². The zero-order valence-corrected chi connectivity index (χ0v) is 23.5. The average Bonchev–Trinajstić information content (AvgIpc) is 3.22. The van der Waals surface area contributed by atoms with Crippen molar-refractivity contribution >= 4 is 69.6 Å². The van der Waals surface area contributed by atoms with Gasteiger partial charge in [-0.2, -0.15) is 0 Å². The normalized spacial score (nSPS) is 16.6. The van der Waals surface area contributed by atoms with Crippen LogP contribution >= 0.6 is 35.1 Å². The summed E-state index contributed by atoms with van der Waals surface area (Å²) in [5.41, 5.74) is 1.36. The minimum Gasteiger partial charge on any atom is -0.368 e. The standard InChI is InChI=1S/C28H23ClN4O5S2/c29-20-7-9-22(10-8-20)39-24-11-6-19(16-23(24)33(37)38)17-25-27(35)32(28(36)40-25)18-26(34)31-14-12-30(13-15-31)21-4-2-1-3-5-21/h1-11,16-17H,12-15,18H2/b25-17-. The Kier molecular flexibility index (Phi) is 8.43. The van der Waals surface area contributed by atoms with Crippen LogP contribution in [-0.2, 0) is 9.59 Å². The van der Waals surface area contributed by atoms with E-state index in [0.29, 0.717) is 41.7 Å². The summed E-state index contributed by atoms with van der Waals surface area (Å²) in [5.74, 6) is -0.885. The monoisotopic (exact) mass is 594 g/mol. The van der Waals surface area contributed by atoms with Gasteiger partial charge in [0, 0.05) is 47.9 Å². The van der Waals surface area contributed by atoms with Gasteiger partial charge in [-0.05, 0) is 65.9 Å². The van der Waals surface area contributed by atoms with E-state index >= 15 is 0 Å². The summed E-state index contributed by atoms with van der Waals surface area (Å²) in [6.07, 6.45) is 1.44. The number of rotatable bonds is 7. The topological polar surface area (TPSA) is 104 Å². The molecule has 0 spiro atoms. The number of nitro benzene ring substituents is 1. The van der Waals surface area contributed by atoms with Crippen LogP contribution in [-0.4, -0.2) is 64.5 Å². The molecular weight excluding hydrogens is 572 g/mol. The number of benzene rings is 3. The van der Waals surface area contributed by atoms with Gasteiger partial charge < -0.3 is 9.80 Å². The third kappa shape index (κ3) is 6.33. The van der Waals surface area contributed by atoms with Crippen LogP contribution in [0.4, 0.5) is 16.2 Å². The van der Waals surface area contributed by atoms with Gasteiger partial charge in [-0.25, -0.2) is 0 Å². The molecule has 3 aromatic rings. The second-order valence-corrected chi connectivity index (χ2v) is 11.6. The molecule has 40 heavy (non-hydrogen) atoms. The number of imide groups is 1. The lowest BCUT2D eigenvalue weighted by Gasteiger charge is -2.36. The lowest BCUT2D eigenvalue weighted by atomic mass is 10.2. The molecule has 2 heterocycles. The van der Waals surface area contributed by atoms with Gasteiger partial charge in [0.05, 0.1) is 14.7 Å².